The number of halogens is 1. The van der Waals surface area contributed by atoms with Crippen LogP contribution in [0, 0.1) is 30.5 Å². The lowest BCUT2D eigenvalue weighted by molar-refractivity contribution is 0.0545. The molecule has 2 aromatic heterocycles. The highest BCUT2D eigenvalue weighted by atomic mass is 32.1. The number of thiophene rings is 1. The number of nitrogens with one attached hydrogen (secondary N) is 1. The first-order valence-corrected chi connectivity index (χ1v) is 13.1. The molecule has 2 aliphatic heterocycles. The molecule has 6 rings (SSSR count). The van der Waals surface area contributed by atoms with Crippen LogP contribution < -0.4 is 5.32 Å². The van der Waals surface area contributed by atoms with Gasteiger partial charge in [0.25, 0.3) is 0 Å². The summed E-state index contributed by atoms with van der Waals surface area (Å²) in [6.07, 6.45) is 4.84. The molecule has 3 fully saturated rings. The van der Waals surface area contributed by atoms with E-state index in [0.29, 0.717) is 6.04 Å². The van der Waals surface area contributed by atoms with E-state index in [1.807, 2.05) is 6.92 Å². The van der Waals surface area contributed by atoms with Gasteiger partial charge in [0.15, 0.2) is 5.82 Å². The zero-order chi connectivity index (χ0) is 22.4. The molecule has 1 N–H and O–H groups in total. The molecular weight excluding hydrogens is 435 g/mol. The molecule has 3 aliphatic rings. The van der Waals surface area contributed by atoms with E-state index < -0.39 is 0 Å². The monoisotopic (exact) mass is 466 g/mol. The minimum absolute atomic E-state index is 0.244. The Bertz CT molecular complexity index is 1130. The normalized spacial score (nSPS) is 26.2. The van der Waals surface area contributed by atoms with Crippen LogP contribution in [-0.4, -0.2) is 54.0 Å². The molecule has 174 valence electrons. The Balaban J connectivity index is 1.14. The fraction of sp³-hybridized carbons (Fsp3) is 0.538. The molecule has 2 saturated heterocycles. The Morgan fingerprint density at radius 2 is 1.91 bits per heavy atom. The molecule has 1 aliphatic carbocycles. The van der Waals surface area contributed by atoms with E-state index in [1.54, 1.807) is 23.5 Å². The van der Waals surface area contributed by atoms with Crippen LogP contribution >= 0.6 is 11.3 Å². The lowest BCUT2D eigenvalue weighted by Gasteiger charge is -2.27. The molecular formula is C26H31FN4OS. The van der Waals surface area contributed by atoms with Gasteiger partial charge in [-0.15, -0.1) is 21.5 Å². The van der Waals surface area contributed by atoms with Gasteiger partial charge in [-0.2, -0.15) is 0 Å². The number of anilines is 1. The lowest BCUT2D eigenvalue weighted by atomic mass is 10.00. The number of aromatic nitrogens is 2. The van der Waals surface area contributed by atoms with Crippen LogP contribution in [0.15, 0.2) is 29.6 Å². The molecule has 4 heterocycles. The SMILES string of the molecule is Cc1ccc(F)cc1-c1nnc(NC2CC3CN(CC4CCOCC4)C[C@H]3C2)c2sccc12. The Hall–Kier alpha value is -2.09. The van der Waals surface area contributed by atoms with E-state index in [1.165, 1.54) is 51.4 Å². The molecule has 1 aromatic carbocycles. The Morgan fingerprint density at radius 1 is 1.12 bits per heavy atom. The fourth-order valence-electron chi connectivity index (χ4n) is 6.17. The molecule has 0 radical (unpaired) electrons. The van der Waals surface area contributed by atoms with Gasteiger partial charge in [0.05, 0.1) is 4.70 Å². The number of fused-ring (bicyclic) bond motifs is 2. The van der Waals surface area contributed by atoms with Crippen molar-refractivity contribution in [2.75, 3.05) is 38.2 Å². The Kier molecular flexibility index (Phi) is 5.80. The molecule has 33 heavy (non-hydrogen) atoms. The average Bonchev–Trinajstić information content (AvgIpc) is 3.52. The van der Waals surface area contributed by atoms with Crippen molar-refractivity contribution in [1.82, 2.24) is 15.1 Å². The second kappa shape index (κ2) is 8.93. The smallest absolute Gasteiger partial charge is 0.166 e. The van der Waals surface area contributed by atoms with Crippen LogP contribution in [0.4, 0.5) is 10.2 Å². The molecule has 1 saturated carbocycles. The lowest BCUT2D eigenvalue weighted by Crippen LogP contribution is -2.32. The van der Waals surface area contributed by atoms with Gasteiger partial charge in [0, 0.05) is 49.8 Å². The van der Waals surface area contributed by atoms with E-state index in [4.69, 9.17) is 4.74 Å². The summed E-state index contributed by atoms with van der Waals surface area (Å²) >= 11 is 1.68. The van der Waals surface area contributed by atoms with Crippen LogP contribution in [-0.2, 0) is 4.74 Å². The third-order valence-electron chi connectivity index (χ3n) is 7.86. The second-order valence-corrected chi connectivity index (χ2v) is 11.0. The van der Waals surface area contributed by atoms with Gasteiger partial charge in [-0.25, -0.2) is 4.39 Å². The Labute approximate surface area is 198 Å². The molecule has 5 nitrogen and oxygen atoms in total. The summed E-state index contributed by atoms with van der Waals surface area (Å²) in [6, 6.07) is 7.39. The van der Waals surface area contributed by atoms with Crippen LogP contribution in [0.2, 0.25) is 0 Å². The molecule has 0 amide bonds. The highest BCUT2D eigenvalue weighted by Crippen LogP contribution is 2.41. The molecule has 3 atom stereocenters. The first-order chi connectivity index (χ1) is 16.1. The van der Waals surface area contributed by atoms with Crippen molar-refractivity contribution in [3.05, 3.63) is 41.0 Å². The van der Waals surface area contributed by atoms with E-state index in [0.717, 1.165) is 63.7 Å². The third-order valence-corrected chi connectivity index (χ3v) is 8.79. The predicted octanol–water partition coefficient (Wildman–Crippen LogP) is 5.35. The fourth-order valence-corrected chi connectivity index (χ4v) is 7.02. The van der Waals surface area contributed by atoms with E-state index >= 15 is 0 Å². The maximum atomic E-state index is 13.9. The van der Waals surface area contributed by atoms with Gasteiger partial charge in [-0.1, -0.05) is 6.07 Å². The zero-order valence-corrected chi connectivity index (χ0v) is 19.9. The van der Waals surface area contributed by atoms with Gasteiger partial charge >= 0.3 is 0 Å². The largest absolute Gasteiger partial charge is 0.381 e. The number of hydrogen-bond donors (Lipinski definition) is 1. The molecule has 7 heteroatoms. The standard InChI is InChI=1S/C26H31FN4OS/c1-16-2-3-20(27)12-23(16)24-22-6-9-33-25(22)26(30-29-24)28-21-10-18-14-31(15-19(18)11-21)13-17-4-7-32-8-5-17/h2-3,6,9,12,17-19,21H,4-5,7-8,10-11,13-15H2,1H3,(H,28,30)/t18-,19?,21?/m1/s1. The highest BCUT2D eigenvalue weighted by molar-refractivity contribution is 7.17. The summed E-state index contributed by atoms with van der Waals surface area (Å²) in [4.78, 5) is 2.70. The van der Waals surface area contributed by atoms with Crippen molar-refractivity contribution in [1.29, 1.82) is 0 Å². The maximum absolute atomic E-state index is 13.9. The Morgan fingerprint density at radius 3 is 2.70 bits per heavy atom. The highest BCUT2D eigenvalue weighted by Gasteiger charge is 2.41. The van der Waals surface area contributed by atoms with Gasteiger partial charge in [-0.3, -0.25) is 0 Å². The first-order valence-electron chi connectivity index (χ1n) is 12.2. The van der Waals surface area contributed by atoms with Crippen LogP contribution in [0.5, 0.6) is 0 Å². The first kappa shape index (κ1) is 21.4. The third kappa shape index (κ3) is 4.27. The number of hydrogen-bond acceptors (Lipinski definition) is 6. The van der Waals surface area contributed by atoms with Crippen molar-refractivity contribution in [2.24, 2.45) is 17.8 Å². The van der Waals surface area contributed by atoms with E-state index in [9.17, 15) is 4.39 Å². The number of nitrogens with zero attached hydrogens (tertiary/aromatic N) is 3. The second-order valence-electron chi connectivity index (χ2n) is 10.1. The summed E-state index contributed by atoms with van der Waals surface area (Å²) < 4.78 is 20.5. The van der Waals surface area contributed by atoms with Gasteiger partial charge in [0.1, 0.15) is 11.5 Å². The van der Waals surface area contributed by atoms with Crippen molar-refractivity contribution in [2.45, 2.75) is 38.6 Å². The van der Waals surface area contributed by atoms with Crippen molar-refractivity contribution < 1.29 is 9.13 Å². The van der Waals surface area contributed by atoms with Crippen LogP contribution in [0.25, 0.3) is 21.3 Å². The van der Waals surface area contributed by atoms with Gasteiger partial charge < -0.3 is 15.0 Å². The number of aryl methyl sites for hydroxylation is 1. The van der Waals surface area contributed by atoms with Gasteiger partial charge in [-0.05, 0) is 79.5 Å². The average molecular weight is 467 g/mol. The zero-order valence-electron chi connectivity index (χ0n) is 19.1. The number of benzene rings is 1. The molecule has 2 unspecified atom stereocenters. The van der Waals surface area contributed by atoms with E-state index in [2.05, 4.69) is 31.9 Å². The topological polar surface area (TPSA) is 50.3 Å². The summed E-state index contributed by atoms with van der Waals surface area (Å²) in [7, 11) is 0. The maximum Gasteiger partial charge on any atom is 0.166 e. The quantitative estimate of drug-likeness (QED) is 0.549. The van der Waals surface area contributed by atoms with Crippen LogP contribution in [0.3, 0.4) is 0 Å². The summed E-state index contributed by atoms with van der Waals surface area (Å²) in [5.74, 6) is 3.01. The minimum Gasteiger partial charge on any atom is -0.381 e. The van der Waals surface area contributed by atoms with Crippen molar-refractivity contribution >= 4 is 27.2 Å². The van der Waals surface area contributed by atoms with Crippen molar-refractivity contribution in [3.63, 3.8) is 0 Å². The number of ether oxygens (including phenoxy) is 1. The summed E-state index contributed by atoms with van der Waals surface area (Å²) in [5.41, 5.74) is 2.59. The van der Waals surface area contributed by atoms with Crippen molar-refractivity contribution in [3.8, 4) is 11.3 Å². The van der Waals surface area contributed by atoms with Crippen LogP contribution in [0.1, 0.15) is 31.2 Å². The number of rotatable bonds is 5. The predicted molar refractivity (Wildman–Crippen MR) is 131 cm³/mol. The molecule has 0 spiro atoms. The molecule has 3 aromatic rings. The van der Waals surface area contributed by atoms with E-state index in [-0.39, 0.29) is 5.82 Å². The minimum atomic E-state index is -0.244. The van der Waals surface area contributed by atoms with Gasteiger partial charge in [0.2, 0.25) is 0 Å². The number of likely N-dealkylation sites (tertiary alicyclic amines) is 1. The summed E-state index contributed by atoms with van der Waals surface area (Å²) in [5, 5.41) is 16.0. The molecule has 0 bridgehead atoms. The summed E-state index contributed by atoms with van der Waals surface area (Å²) in [6.45, 7) is 7.58.